The first-order valence-electron chi connectivity index (χ1n) is 7.33. The third kappa shape index (κ3) is 4.26. The van der Waals surface area contributed by atoms with Crippen LogP contribution in [0.2, 0.25) is 0 Å². The smallest absolute Gasteiger partial charge is 0.272 e. The van der Waals surface area contributed by atoms with Crippen LogP contribution in [0, 0.1) is 17.0 Å². The molecule has 6 heteroatoms. The normalized spacial score (nSPS) is 15.1. The SMILES string of the molecule is Cc1cc(C(=O)NCCCN2CCCC2)ccc1[N+](=O)[O-]. The zero-order chi connectivity index (χ0) is 15.2. The molecule has 0 radical (unpaired) electrons. The topological polar surface area (TPSA) is 75.5 Å². The number of amides is 1. The van der Waals surface area contributed by atoms with E-state index < -0.39 is 4.92 Å². The van der Waals surface area contributed by atoms with E-state index >= 15 is 0 Å². The predicted molar refractivity (Wildman–Crippen MR) is 80.5 cm³/mol. The van der Waals surface area contributed by atoms with E-state index in [4.69, 9.17) is 0 Å². The van der Waals surface area contributed by atoms with Crippen molar-refractivity contribution in [1.82, 2.24) is 10.2 Å². The van der Waals surface area contributed by atoms with E-state index in [0.717, 1.165) is 26.1 Å². The average Bonchev–Trinajstić information content (AvgIpc) is 2.96. The van der Waals surface area contributed by atoms with Crippen LogP contribution in [-0.2, 0) is 0 Å². The van der Waals surface area contributed by atoms with Gasteiger partial charge < -0.3 is 10.2 Å². The van der Waals surface area contributed by atoms with Gasteiger partial charge in [0.15, 0.2) is 0 Å². The first-order chi connectivity index (χ1) is 10.1. The highest BCUT2D eigenvalue weighted by atomic mass is 16.6. The zero-order valence-corrected chi connectivity index (χ0v) is 12.3. The standard InChI is InChI=1S/C15H21N3O3/c1-12-11-13(5-6-14(12)18(20)21)15(19)16-7-4-10-17-8-2-3-9-17/h5-6,11H,2-4,7-10H2,1H3,(H,16,19). The summed E-state index contributed by atoms with van der Waals surface area (Å²) >= 11 is 0. The highest BCUT2D eigenvalue weighted by Crippen LogP contribution is 2.18. The number of nitrogens with zero attached hydrogens (tertiary/aromatic N) is 2. The molecule has 1 aliphatic rings. The van der Waals surface area contributed by atoms with Crippen LogP contribution in [0.4, 0.5) is 5.69 Å². The minimum Gasteiger partial charge on any atom is -0.352 e. The minimum atomic E-state index is -0.437. The summed E-state index contributed by atoms with van der Waals surface area (Å²) in [4.78, 5) is 24.7. The maximum absolute atomic E-state index is 12.0. The Hall–Kier alpha value is -1.95. The van der Waals surface area contributed by atoms with Crippen LogP contribution in [0.3, 0.4) is 0 Å². The number of aryl methyl sites for hydroxylation is 1. The van der Waals surface area contributed by atoms with Gasteiger partial charge in [0.05, 0.1) is 4.92 Å². The molecule has 0 unspecified atom stereocenters. The van der Waals surface area contributed by atoms with Crippen molar-refractivity contribution in [3.8, 4) is 0 Å². The summed E-state index contributed by atoms with van der Waals surface area (Å²) in [6, 6.07) is 4.45. The number of nitro benzene ring substituents is 1. The first-order valence-corrected chi connectivity index (χ1v) is 7.33. The Labute approximate surface area is 124 Å². The van der Waals surface area contributed by atoms with Crippen LogP contribution in [0.5, 0.6) is 0 Å². The van der Waals surface area contributed by atoms with E-state index in [1.807, 2.05) is 0 Å². The molecule has 0 saturated carbocycles. The Morgan fingerprint density at radius 1 is 1.38 bits per heavy atom. The van der Waals surface area contributed by atoms with E-state index in [1.54, 1.807) is 13.0 Å². The van der Waals surface area contributed by atoms with Crippen LogP contribution < -0.4 is 5.32 Å². The number of hydrogen-bond donors (Lipinski definition) is 1. The number of rotatable bonds is 6. The van der Waals surface area contributed by atoms with Crippen molar-refractivity contribution in [2.24, 2.45) is 0 Å². The van der Waals surface area contributed by atoms with Gasteiger partial charge in [0.25, 0.3) is 11.6 Å². The monoisotopic (exact) mass is 291 g/mol. The molecule has 1 aliphatic heterocycles. The van der Waals surface area contributed by atoms with Gasteiger partial charge in [0, 0.05) is 23.7 Å². The van der Waals surface area contributed by atoms with Crippen molar-refractivity contribution in [3.05, 3.63) is 39.4 Å². The molecular formula is C15H21N3O3. The summed E-state index contributed by atoms with van der Waals surface area (Å²) in [6.07, 6.45) is 3.47. The van der Waals surface area contributed by atoms with Crippen LogP contribution in [0.1, 0.15) is 35.2 Å². The van der Waals surface area contributed by atoms with Crippen molar-refractivity contribution in [2.75, 3.05) is 26.2 Å². The van der Waals surface area contributed by atoms with E-state index in [1.165, 1.54) is 25.0 Å². The molecule has 0 aromatic heterocycles. The fourth-order valence-corrected chi connectivity index (χ4v) is 2.61. The lowest BCUT2D eigenvalue weighted by atomic mass is 10.1. The second kappa shape index (κ2) is 7.17. The lowest BCUT2D eigenvalue weighted by Crippen LogP contribution is -2.28. The predicted octanol–water partition coefficient (Wildman–Crippen LogP) is 2.12. The van der Waals surface area contributed by atoms with Gasteiger partial charge in [-0.15, -0.1) is 0 Å². The van der Waals surface area contributed by atoms with E-state index in [9.17, 15) is 14.9 Å². The Bertz CT molecular complexity index is 525. The molecule has 2 rings (SSSR count). The largest absolute Gasteiger partial charge is 0.352 e. The van der Waals surface area contributed by atoms with Gasteiger partial charge >= 0.3 is 0 Å². The molecule has 0 bridgehead atoms. The van der Waals surface area contributed by atoms with E-state index in [-0.39, 0.29) is 11.6 Å². The molecule has 6 nitrogen and oxygen atoms in total. The molecule has 1 fully saturated rings. The Morgan fingerprint density at radius 3 is 2.71 bits per heavy atom. The molecule has 1 N–H and O–H groups in total. The van der Waals surface area contributed by atoms with Crippen molar-refractivity contribution in [1.29, 1.82) is 0 Å². The Balaban J connectivity index is 1.80. The average molecular weight is 291 g/mol. The van der Waals surface area contributed by atoms with Gasteiger partial charge in [0.2, 0.25) is 0 Å². The molecule has 1 aromatic rings. The second-order valence-electron chi connectivity index (χ2n) is 5.42. The summed E-state index contributed by atoms with van der Waals surface area (Å²) in [5.41, 5.74) is 1.02. The summed E-state index contributed by atoms with van der Waals surface area (Å²) in [5, 5.41) is 13.6. The van der Waals surface area contributed by atoms with Crippen molar-refractivity contribution in [3.63, 3.8) is 0 Å². The summed E-state index contributed by atoms with van der Waals surface area (Å²) in [6.45, 7) is 5.61. The number of carbonyl (C=O) groups excluding carboxylic acids is 1. The van der Waals surface area contributed by atoms with E-state index in [2.05, 4.69) is 10.2 Å². The number of likely N-dealkylation sites (tertiary alicyclic amines) is 1. The number of carbonyl (C=O) groups is 1. The lowest BCUT2D eigenvalue weighted by Gasteiger charge is -2.14. The molecule has 1 amide bonds. The second-order valence-corrected chi connectivity index (χ2v) is 5.42. The molecule has 0 spiro atoms. The summed E-state index contributed by atoms with van der Waals surface area (Å²) < 4.78 is 0. The quantitative estimate of drug-likeness (QED) is 0.495. The maximum atomic E-state index is 12.0. The van der Waals surface area contributed by atoms with Gasteiger partial charge in [-0.3, -0.25) is 14.9 Å². The van der Waals surface area contributed by atoms with E-state index in [0.29, 0.717) is 17.7 Å². The molecule has 114 valence electrons. The zero-order valence-electron chi connectivity index (χ0n) is 12.3. The minimum absolute atomic E-state index is 0.0422. The van der Waals surface area contributed by atoms with Gasteiger partial charge in [-0.25, -0.2) is 0 Å². The van der Waals surface area contributed by atoms with Crippen molar-refractivity contribution < 1.29 is 9.72 Å². The fraction of sp³-hybridized carbons (Fsp3) is 0.533. The molecule has 21 heavy (non-hydrogen) atoms. The molecular weight excluding hydrogens is 270 g/mol. The Kier molecular flexibility index (Phi) is 5.27. The van der Waals surface area contributed by atoms with Crippen LogP contribution in [-0.4, -0.2) is 41.9 Å². The van der Waals surface area contributed by atoms with Crippen LogP contribution in [0.25, 0.3) is 0 Å². The van der Waals surface area contributed by atoms with Crippen molar-refractivity contribution >= 4 is 11.6 Å². The van der Waals surface area contributed by atoms with Gasteiger partial charge in [-0.1, -0.05) is 0 Å². The number of nitro groups is 1. The van der Waals surface area contributed by atoms with Crippen molar-refractivity contribution in [2.45, 2.75) is 26.2 Å². The number of nitrogens with one attached hydrogen (secondary N) is 1. The molecule has 1 aromatic carbocycles. The summed E-state index contributed by atoms with van der Waals surface area (Å²) in [5.74, 6) is -0.172. The third-order valence-corrected chi connectivity index (χ3v) is 3.79. The molecule has 1 saturated heterocycles. The molecule has 0 aliphatic carbocycles. The van der Waals surface area contributed by atoms with Gasteiger partial charge in [-0.2, -0.15) is 0 Å². The van der Waals surface area contributed by atoms with Crippen LogP contribution in [0.15, 0.2) is 18.2 Å². The highest BCUT2D eigenvalue weighted by Gasteiger charge is 2.14. The first kappa shape index (κ1) is 15.4. The highest BCUT2D eigenvalue weighted by molar-refractivity contribution is 5.94. The summed E-state index contributed by atoms with van der Waals surface area (Å²) in [7, 11) is 0. The molecule has 0 atom stereocenters. The number of benzene rings is 1. The lowest BCUT2D eigenvalue weighted by molar-refractivity contribution is -0.385. The third-order valence-electron chi connectivity index (χ3n) is 3.79. The molecule has 1 heterocycles. The van der Waals surface area contributed by atoms with Gasteiger partial charge in [-0.05, 0) is 58.0 Å². The van der Waals surface area contributed by atoms with Gasteiger partial charge in [0.1, 0.15) is 0 Å². The maximum Gasteiger partial charge on any atom is 0.272 e. The fourth-order valence-electron chi connectivity index (χ4n) is 2.61. The van der Waals surface area contributed by atoms with Crippen LogP contribution >= 0.6 is 0 Å². The Morgan fingerprint density at radius 2 is 2.10 bits per heavy atom. The number of hydrogen-bond acceptors (Lipinski definition) is 4.